The van der Waals surface area contributed by atoms with E-state index in [0.29, 0.717) is 17.7 Å². The Hall–Kier alpha value is -2.43. The average Bonchev–Trinajstić information content (AvgIpc) is 2.58. The van der Waals surface area contributed by atoms with Gasteiger partial charge < -0.3 is 10.6 Å². The third kappa shape index (κ3) is 4.06. The molecule has 1 fully saturated rings. The summed E-state index contributed by atoms with van der Waals surface area (Å²) in [5.74, 6) is 1.13. The summed E-state index contributed by atoms with van der Waals surface area (Å²) in [4.78, 5) is 12.1. The molecule has 3 rings (SSSR count). The zero-order valence-electron chi connectivity index (χ0n) is 13.3. The van der Waals surface area contributed by atoms with E-state index in [1.165, 1.54) is 25.7 Å². The zero-order chi connectivity index (χ0) is 16.1. The van der Waals surface area contributed by atoms with Gasteiger partial charge in [-0.1, -0.05) is 38.0 Å². The molecule has 1 aliphatic rings. The summed E-state index contributed by atoms with van der Waals surface area (Å²) in [5, 5.41) is 14.4. The van der Waals surface area contributed by atoms with Crippen molar-refractivity contribution in [1.29, 1.82) is 0 Å². The maximum atomic E-state index is 12.1. The van der Waals surface area contributed by atoms with Crippen molar-refractivity contribution in [2.24, 2.45) is 5.92 Å². The van der Waals surface area contributed by atoms with E-state index in [0.717, 1.165) is 11.5 Å². The molecular weight excluding hydrogens is 288 g/mol. The van der Waals surface area contributed by atoms with Crippen molar-refractivity contribution in [2.45, 2.75) is 38.6 Å². The normalized spacial score (nSPS) is 20.7. The van der Waals surface area contributed by atoms with Crippen LogP contribution in [0.4, 0.5) is 11.5 Å². The molecule has 2 unspecified atom stereocenters. The van der Waals surface area contributed by atoms with Crippen molar-refractivity contribution in [3.8, 4) is 0 Å². The Morgan fingerprint density at radius 2 is 1.83 bits per heavy atom. The molecule has 1 heterocycles. The highest BCUT2D eigenvalue weighted by Crippen LogP contribution is 2.26. The molecular formula is C18H22N4O. The highest BCUT2D eigenvalue weighted by atomic mass is 16.1. The van der Waals surface area contributed by atoms with E-state index in [1.54, 1.807) is 6.07 Å². The molecule has 5 heteroatoms. The van der Waals surface area contributed by atoms with Crippen molar-refractivity contribution in [3.05, 3.63) is 48.2 Å². The molecule has 0 aliphatic heterocycles. The van der Waals surface area contributed by atoms with E-state index in [-0.39, 0.29) is 5.91 Å². The van der Waals surface area contributed by atoms with Crippen LogP contribution in [0.15, 0.2) is 42.5 Å². The van der Waals surface area contributed by atoms with Gasteiger partial charge in [-0.3, -0.25) is 4.79 Å². The maximum Gasteiger partial charge on any atom is 0.276 e. The monoisotopic (exact) mass is 310 g/mol. The topological polar surface area (TPSA) is 66.9 Å². The van der Waals surface area contributed by atoms with Gasteiger partial charge in [-0.05, 0) is 43.0 Å². The van der Waals surface area contributed by atoms with Gasteiger partial charge in [0.1, 0.15) is 5.82 Å². The number of rotatable bonds is 4. The summed E-state index contributed by atoms with van der Waals surface area (Å²) in [7, 11) is 0. The fourth-order valence-electron chi connectivity index (χ4n) is 2.97. The van der Waals surface area contributed by atoms with E-state index in [1.807, 2.05) is 36.4 Å². The quantitative estimate of drug-likeness (QED) is 0.903. The first kappa shape index (κ1) is 15.5. The van der Waals surface area contributed by atoms with Gasteiger partial charge in [0.05, 0.1) is 0 Å². The number of aromatic nitrogens is 2. The summed E-state index contributed by atoms with van der Waals surface area (Å²) >= 11 is 0. The number of hydrogen-bond donors (Lipinski definition) is 2. The summed E-state index contributed by atoms with van der Waals surface area (Å²) in [6.07, 6.45) is 4.98. The summed E-state index contributed by atoms with van der Waals surface area (Å²) in [6.45, 7) is 2.27. The number of anilines is 2. The van der Waals surface area contributed by atoms with Crippen LogP contribution in [-0.4, -0.2) is 22.1 Å². The standard InChI is InChI=1S/C18H22N4O/c1-13-7-5-6-10-15(13)20-17-12-11-16(21-22-17)18(23)19-14-8-3-2-4-9-14/h2-4,8-9,11-13,15H,5-7,10H2,1H3,(H,19,23)(H,20,22). The Bertz CT molecular complexity index is 642. The smallest absolute Gasteiger partial charge is 0.276 e. The van der Waals surface area contributed by atoms with Crippen molar-refractivity contribution in [3.63, 3.8) is 0 Å². The number of benzene rings is 1. The van der Waals surface area contributed by atoms with E-state index >= 15 is 0 Å². The minimum atomic E-state index is -0.249. The minimum Gasteiger partial charge on any atom is -0.366 e. The molecule has 1 amide bonds. The van der Waals surface area contributed by atoms with Crippen molar-refractivity contribution >= 4 is 17.4 Å². The van der Waals surface area contributed by atoms with Crippen LogP contribution in [0, 0.1) is 5.92 Å². The van der Waals surface area contributed by atoms with E-state index in [9.17, 15) is 4.79 Å². The molecule has 1 aromatic heterocycles. The molecule has 23 heavy (non-hydrogen) atoms. The Kier molecular flexibility index (Phi) is 4.86. The molecule has 2 atom stereocenters. The van der Waals surface area contributed by atoms with Crippen molar-refractivity contribution < 1.29 is 4.79 Å². The lowest BCUT2D eigenvalue weighted by atomic mass is 9.86. The molecule has 0 saturated heterocycles. The number of nitrogens with zero attached hydrogens (tertiary/aromatic N) is 2. The van der Waals surface area contributed by atoms with Gasteiger partial charge in [-0.2, -0.15) is 0 Å². The first-order valence-corrected chi connectivity index (χ1v) is 8.19. The zero-order valence-corrected chi connectivity index (χ0v) is 13.3. The van der Waals surface area contributed by atoms with Crippen LogP contribution in [0.1, 0.15) is 43.1 Å². The van der Waals surface area contributed by atoms with Gasteiger partial charge in [0, 0.05) is 11.7 Å². The van der Waals surface area contributed by atoms with Gasteiger partial charge >= 0.3 is 0 Å². The van der Waals surface area contributed by atoms with Gasteiger partial charge in [0.15, 0.2) is 5.69 Å². The third-order valence-electron chi connectivity index (χ3n) is 4.37. The van der Waals surface area contributed by atoms with Crippen LogP contribution in [0.2, 0.25) is 0 Å². The van der Waals surface area contributed by atoms with Crippen molar-refractivity contribution in [2.75, 3.05) is 10.6 Å². The van der Waals surface area contributed by atoms with Gasteiger partial charge in [-0.25, -0.2) is 0 Å². The molecule has 0 radical (unpaired) electrons. The lowest BCUT2D eigenvalue weighted by Gasteiger charge is -2.29. The SMILES string of the molecule is CC1CCCCC1Nc1ccc(C(=O)Nc2ccccc2)nn1. The fourth-order valence-corrected chi connectivity index (χ4v) is 2.97. The third-order valence-corrected chi connectivity index (χ3v) is 4.37. The Morgan fingerprint density at radius 1 is 1.04 bits per heavy atom. The lowest BCUT2D eigenvalue weighted by molar-refractivity contribution is 0.102. The van der Waals surface area contributed by atoms with E-state index < -0.39 is 0 Å². The molecule has 1 aromatic carbocycles. The van der Waals surface area contributed by atoms with Crippen molar-refractivity contribution in [1.82, 2.24) is 10.2 Å². The number of hydrogen-bond acceptors (Lipinski definition) is 4. The number of para-hydroxylation sites is 1. The molecule has 120 valence electrons. The van der Waals surface area contributed by atoms with Crippen LogP contribution in [0.25, 0.3) is 0 Å². The highest BCUT2D eigenvalue weighted by molar-refractivity contribution is 6.02. The van der Waals surface area contributed by atoms with Crippen LogP contribution in [0.5, 0.6) is 0 Å². The number of carbonyl (C=O) groups is 1. The summed E-state index contributed by atoms with van der Waals surface area (Å²) < 4.78 is 0. The molecule has 0 bridgehead atoms. The first-order chi connectivity index (χ1) is 11.2. The molecule has 2 aromatic rings. The number of nitrogens with one attached hydrogen (secondary N) is 2. The second kappa shape index (κ2) is 7.22. The average molecular weight is 310 g/mol. The molecule has 2 N–H and O–H groups in total. The largest absolute Gasteiger partial charge is 0.366 e. The van der Waals surface area contributed by atoms with Crippen LogP contribution >= 0.6 is 0 Å². The Morgan fingerprint density at radius 3 is 2.52 bits per heavy atom. The molecule has 0 spiro atoms. The van der Waals surface area contributed by atoms with Gasteiger partial charge in [-0.15, -0.1) is 10.2 Å². The van der Waals surface area contributed by atoms with E-state index in [4.69, 9.17) is 0 Å². The number of carbonyl (C=O) groups excluding carboxylic acids is 1. The predicted octanol–water partition coefficient (Wildman–Crippen LogP) is 3.72. The van der Waals surface area contributed by atoms with Crippen LogP contribution in [0.3, 0.4) is 0 Å². The maximum absolute atomic E-state index is 12.1. The van der Waals surface area contributed by atoms with E-state index in [2.05, 4.69) is 27.8 Å². The van der Waals surface area contributed by atoms with Gasteiger partial charge in [0.25, 0.3) is 5.91 Å². The first-order valence-electron chi connectivity index (χ1n) is 8.19. The lowest BCUT2D eigenvalue weighted by Crippen LogP contribution is -2.30. The minimum absolute atomic E-state index is 0.249. The summed E-state index contributed by atoms with van der Waals surface area (Å²) in [6, 6.07) is 13.3. The second-order valence-corrected chi connectivity index (χ2v) is 6.14. The van der Waals surface area contributed by atoms with Crippen LogP contribution < -0.4 is 10.6 Å². The van der Waals surface area contributed by atoms with Crippen LogP contribution in [-0.2, 0) is 0 Å². The van der Waals surface area contributed by atoms with Gasteiger partial charge in [0.2, 0.25) is 0 Å². The molecule has 1 aliphatic carbocycles. The molecule has 5 nitrogen and oxygen atoms in total. The fraction of sp³-hybridized carbons (Fsp3) is 0.389. The highest BCUT2D eigenvalue weighted by Gasteiger charge is 2.21. The summed E-state index contributed by atoms with van der Waals surface area (Å²) in [5.41, 5.74) is 1.06. The Labute approximate surface area is 136 Å². The molecule has 1 saturated carbocycles. The number of amides is 1. The predicted molar refractivity (Wildman–Crippen MR) is 91.5 cm³/mol. The second-order valence-electron chi connectivity index (χ2n) is 6.14. The Balaban J connectivity index is 1.61.